The first-order chi connectivity index (χ1) is 16.2. The van der Waals surface area contributed by atoms with Gasteiger partial charge < -0.3 is 19.7 Å². The number of methoxy groups -OCH3 is 1. The summed E-state index contributed by atoms with van der Waals surface area (Å²) in [6.07, 6.45) is 7.44. The summed E-state index contributed by atoms with van der Waals surface area (Å²) in [7, 11) is 1.57. The van der Waals surface area contributed by atoms with E-state index in [1.807, 2.05) is 40.3 Å². The van der Waals surface area contributed by atoms with E-state index in [1.54, 1.807) is 23.9 Å². The van der Waals surface area contributed by atoms with Crippen LogP contribution >= 0.6 is 0 Å². The maximum atomic E-state index is 12.8. The highest BCUT2D eigenvalue weighted by Gasteiger charge is 2.39. The first-order valence-corrected chi connectivity index (χ1v) is 10.9. The summed E-state index contributed by atoms with van der Waals surface area (Å²) in [5.41, 5.74) is 4.38. The average Bonchev–Trinajstić information content (AvgIpc) is 3.57. The number of anilines is 1. The topological polar surface area (TPSA) is 98.8 Å². The molecule has 10 nitrogen and oxygen atoms in total. The summed E-state index contributed by atoms with van der Waals surface area (Å²) in [6, 6.07) is 9.75. The molecule has 3 aromatic heterocycles. The van der Waals surface area contributed by atoms with Gasteiger partial charge in [0.05, 0.1) is 17.9 Å². The maximum Gasteiger partial charge on any atom is 0.252 e. The molecule has 6 rings (SSSR count). The SMILES string of the molecule is CO[C@@H]1C[C@H]2COc3ccn4ncc(c4n3)-c3cc(cc(-n4cccn4)c3)NCCN2C1=O. The molecule has 2 aliphatic heterocycles. The molecule has 168 valence electrons. The summed E-state index contributed by atoms with van der Waals surface area (Å²) in [5, 5.41) is 12.3. The number of nitrogens with one attached hydrogen (secondary N) is 1. The Balaban J connectivity index is 1.46. The number of fused-ring (bicyclic) bond motifs is 5. The Morgan fingerprint density at radius 2 is 2.15 bits per heavy atom. The number of hydrogen-bond donors (Lipinski definition) is 1. The Labute approximate surface area is 189 Å². The summed E-state index contributed by atoms with van der Waals surface area (Å²) >= 11 is 0. The number of benzene rings is 1. The van der Waals surface area contributed by atoms with Crippen molar-refractivity contribution in [2.75, 3.05) is 32.1 Å². The van der Waals surface area contributed by atoms with Crippen LogP contribution < -0.4 is 10.1 Å². The van der Waals surface area contributed by atoms with Gasteiger partial charge in [-0.05, 0) is 29.8 Å². The Hall–Kier alpha value is -3.92. The maximum absolute atomic E-state index is 12.8. The van der Waals surface area contributed by atoms with Gasteiger partial charge in [0.15, 0.2) is 5.65 Å². The smallest absolute Gasteiger partial charge is 0.252 e. The van der Waals surface area contributed by atoms with Crippen LogP contribution in [0.3, 0.4) is 0 Å². The van der Waals surface area contributed by atoms with Crippen LogP contribution in [0.2, 0.25) is 0 Å². The van der Waals surface area contributed by atoms with Crippen LogP contribution in [0.4, 0.5) is 5.69 Å². The monoisotopic (exact) mass is 445 g/mol. The molecule has 1 aromatic carbocycles. The van der Waals surface area contributed by atoms with E-state index in [0.29, 0.717) is 37.6 Å². The van der Waals surface area contributed by atoms with Crippen molar-refractivity contribution in [1.82, 2.24) is 29.3 Å². The van der Waals surface area contributed by atoms with Crippen molar-refractivity contribution < 1.29 is 14.3 Å². The summed E-state index contributed by atoms with van der Waals surface area (Å²) in [4.78, 5) is 19.4. The quantitative estimate of drug-likeness (QED) is 0.504. The molecule has 2 atom stereocenters. The van der Waals surface area contributed by atoms with Crippen LogP contribution in [0.25, 0.3) is 22.5 Å². The fraction of sp³-hybridized carbons (Fsp3) is 0.304. The lowest BCUT2D eigenvalue weighted by Crippen LogP contribution is -2.41. The van der Waals surface area contributed by atoms with Crippen molar-refractivity contribution in [2.24, 2.45) is 0 Å². The molecule has 33 heavy (non-hydrogen) atoms. The van der Waals surface area contributed by atoms with Crippen molar-refractivity contribution >= 4 is 17.2 Å². The lowest BCUT2D eigenvalue weighted by molar-refractivity contribution is -0.136. The summed E-state index contributed by atoms with van der Waals surface area (Å²) in [6.45, 7) is 1.49. The highest BCUT2D eigenvalue weighted by Crippen LogP contribution is 2.30. The Kier molecular flexibility index (Phi) is 4.72. The zero-order valence-electron chi connectivity index (χ0n) is 18.1. The van der Waals surface area contributed by atoms with Crippen LogP contribution in [0, 0.1) is 0 Å². The summed E-state index contributed by atoms with van der Waals surface area (Å²) < 4.78 is 15.0. The van der Waals surface area contributed by atoms with Crippen molar-refractivity contribution in [3.8, 4) is 22.7 Å². The predicted molar refractivity (Wildman–Crippen MR) is 120 cm³/mol. The van der Waals surface area contributed by atoms with E-state index in [-0.39, 0.29) is 11.9 Å². The number of carbonyl (C=O) groups is 1. The van der Waals surface area contributed by atoms with E-state index in [0.717, 1.165) is 22.5 Å². The molecule has 0 radical (unpaired) electrons. The van der Waals surface area contributed by atoms with Gasteiger partial charge in [0, 0.05) is 62.5 Å². The van der Waals surface area contributed by atoms with Gasteiger partial charge in [-0.2, -0.15) is 15.2 Å². The number of nitrogens with zero attached hydrogens (tertiary/aromatic N) is 6. The summed E-state index contributed by atoms with van der Waals surface area (Å²) in [5.74, 6) is 0.489. The molecular weight excluding hydrogens is 422 g/mol. The van der Waals surface area contributed by atoms with Gasteiger partial charge in [0.2, 0.25) is 5.88 Å². The zero-order valence-corrected chi connectivity index (χ0v) is 18.1. The molecule has 4 bridgehead atoms. The van der Waals surface area contributed by atoms with Crippen molar-refractivity contribution in [1.29, 1.82) is 0 Å². The number of aromatic nitrogens is 5. The van der Waals surface area contributed by atoms with Crippen LogP contribution in [-0.4, -0.2) is 74.1 Å². The largest absolute Gasteiger partial charge is 0.475 e. The highest BCUT2D eigenvalue weighted by atomic mass is 16.5. The fourth-order valence-corrected chi connectivity index (χ4v) is 4.55. The molecule has 0 unspecified atom stereocenters. The van der Waals surface area contributed by atoms with E-state index in [4.69, 9.17) is 14.5 Å². The molecule has 1 saturated heterocycles. The number of rotatable bonds is 2. The van der Waals surface area contributed by atoms with E-state index in [1.165, 1.54) is 0 Å². The van der Waals surface area contributed by atoms with Crippen LogP contribution in [0.5, 0.6) is 5.88 Å². The number of carbonyl (C=O) groups excluding carboxylic acids is 1. The van der Waals surface area contributed by atoms with E-state index in [2.05, 4.69) is 27.6 Å². The first-order valence-electron chi connectivity index (χ1n) is 10.9. The fourth-order valence-electron chi connectivity index (χ4n) is 4.55. The average molecular weight is 445 g/mol. The molecule has 0 saturated carbocycles. The molecular formula is C23H23N7O3. The molecule has 1 amide bonds. The van der Waals surface area contributed by atoms with Gasteiger partial charge in [-0.3, -0.25) is 4.79 Å². The second kappa shape index (κ2) is 7.89. The van der Waals surface area contributed by atoms with Gasteiger partial charge >= 0.3 is 0 Å². The van der Waals surface area contributed by atoms with Gasteiger partial charge in [-0.15, -0.1) is 0 Å². The lowest BCUT2D eigenvalue weighted by atomic mass is 10.1. The first kappa shape index (κ1) is 19.7. The molecule has 10 heteroatoms. The van der Waals surface area contributed by atoms with E-state index >= 15 is 0 Å². The zero-order chi connectivity index (χ0) is 22.4. The van der Waals surface area contributed by atoms with Gasteiger partial charge in [0.25, 0.3) is 5.91 Å². The number of ether oxygens (including phenoxy) is 2. The second-order valence-corrected chi connectivity index (χ2v) is 8.19. The van der Waals surface area contributed by atoms with Crippen LogP contribution in [0.15, 0.2) is 55.1 Å². The van der Waals surface area contributed by atoms with Crippen molar-refractivity contribution in [2.45, 2.75) is 18.6 Å². The molecule has 0 aliphatic carbocycles. The molecule has 1 N–H and O–H groups in total. The standard InChI is InChI=1S/C23H23N7O3/c1-32-20-12-18-14-33-21-3-7-30-22(27-21)19(13-26-30)15-9-16(24-5-8-28(18)23(20)31)11-17(10-15)29-6-2-4-25-29/h2-4,6-7,9-11,13,18,20,24H,5,8,12,14H2,1H3/t18-,20+/m0/s1. The van der Waals surface area contributed by atoms with Crippen molar-refractivity contribution in [3.63, 3.8) is 0 Å². The van der Waals surface area contributed by atoms with Gasteiger partial charge in [-0.1, -0.05) is 0 Å². The number of hydrogen-bond acceptors (Lipinski definition) is 7. The minimum Gasteiger partial charge on any atom is -0.475 e. The molecule has 1 fully saturated rings. The number of amides is 1. The Bertz CT molecular complexity index is 1320. The van der Waals surface area contributed by atoms with Crippen LogP contribution in [-0.2, 0) is 9.53 Å². The van der Waals surface area contributed by atoms with Crippen LogP contribution in [0.1, 0.15) is 6.42 Å². The molecule has 0 spiro atoms. The normalized spacial score (nSPS) is 20.4. The Morgan fingerprint density at radius 1 is 1.21 bits per heavy atom. The minimum atomic E-state index is -0.444. The Morgan fingerprint density at radius 3 is 3.00 bits per heavy atom. The van der Waals surface area contributed by atoms with E-state index < -0.39 is 6.10 Å². The van der Waals surface area contributed by atoms with Crippen molar-refractivity contribution in [3.05, 3.63) is 55.1 Å². The molecule has 5 heterocycles. The lowest BCUT2D eigenvalue weighted by Gasteiger charge is -2.25. The third-order valence-electron chi connectivity index (χ3n) is 6.22. The predicted octanol–water partition coefficient (Wildman–Crippen LogP) is 2.00. The minimum absolute atomic E-state index is 0.00698. The van der Waals surface area contributed by atoms with E-state index in [9.17, 15) is 4.79 Å². The van der Waals surface area contributed by atoms with Gasteiger partial charge in [0.1, 0.15) is 12.7 Å². The highest BCUT2D eigenvalue weighted by molar-refractivity contribution is 5.84. The molecule has 4 aromatic rings. The third kappa shape index (κ3) is 3.48. The third-order valence-corrected chi connectivity index (χ3v) is 6.22. The van der Waals surface area contributed by atoms with Gasteiger partial charge in [-0.25, -0.2) is 9.20 Å². The molecule has 2 aliphatic rings. The second-order valence-electron chi connectivity index (χ2n) is 8.19.